The maximum Gasteiger partial charge on any atom is -0.00266 e. The van der Waals surface area contributed by atoms with Crippen molar-refractivity contribution in [3.63, 3.8) is 0 Å². The van der Waals surface area contributed by atoms with Gasteiger partial charge in [-0.1, -0.05) is 103 Å². The lowest BCUT2D eigenvalue weighted by Crippen LogP contribution is -1.88. The predicted octanol–water partition coefficient (Wildman–Crippen LogP) is 7.64. The van der Waals surface area contributed by atoms with E-state index in [1.54, 1.807) is 0 Å². The molecule has 5 rings (SSSR count). The number of hydrogen-bond acceptors (Lipinski definition) is 0. The van der Waals surface area contributed by atoms with Crippen LogP contribution >= 0.6 is 0 Å². The van der Waals surface area contributed by atoms with Gasteiger partial charge in [0.25, 0.3) is 0 Å². The van der Waals surface area contributed by atoms with Crippen LogP contribution in [0.1, 0.15) is 5.56 Å². The van der Waals surface area contributed by atoms with E-state index in [9.17, 15) is 0 Å². The molecule has 0 atom stereocenters. The molecule has 5 aromatic rings. The third-order valence-electron chi connectivity index (χ3n) is 5.30. The highest BCUT2D eigenvalue weighted by atomic mass is 14.2. The Labute approximate surface area is 159 Å². The predicted molar refractivity (Wildman–Crippen MR) is 117 cm³/mol. The highest BCUT2D eigenvalue weighted by molar-refractivity contribution is 6.16. The van der Waals surface area contributed by atoms with Crippen LogP contribution in [-0.2, 0) is 0 Å². The fraction of sp³-hybridized carbons (Fsp3) is 0.0370. The van der Waals surface area contributed by atoms with E-state index in [4.69, 9.17) is 0 Å². The number of fused-ring (bicyclic) bond motifs is 2. The molecule has 0 spiro atoms. The van der Waals surface area contributed by atoms with Crippen molar-refractivity contribution in [2.45, 2.75) is 6.92 Å². The van der Waals surface area contributed by atoms with Gasteiger partial charge in [-0.05, 0) is 56.8 Å². The summed E-state index contributed by atoms with van der Waals surface area (Å²) >= 11 is 0. The Bertz CT molecular complexity index is 1260. The summed E-state index contributed by atoms with van der Waals surface area (Å²) in [6.07, 6.45) is 0. The normalized spacial score (nSPS) is 11.1. The molecule has 0 N–H and O–H groups in total. The van der Waals surface area contributed by atoms with Gasteiger partial charge in [0.2, 0.25) is 0 Å². The van der Waals surface area contributed by atoms with Crippen LogP contribution in [0.25, 0.3) is 43.8 Å². The summed E-state index contributed by atoms with van der Waals surface area (Å²) in [4.78, 5) is 0. The highest BCUT2D eigenvalue weighted by Crippen LogP contribution is 2.40. The first kappa shape index (κ1) is 15.8. The van der Waals surface area contributed by atoms with Crippen molar-refractivity contribution in [1.82, 2.24) is 0 Å². The zero-order valence-corrected chi connectivity index (χ0v) is 15.3. The Morgan fingerprint density at radius 3 is 2.04 bits per heavy atom. The zero-order valence-electron chi connectivity index (χ0n) is 15.3. The van der Waals surface area contributed by atoms with E-state index in [2.05, 4.69) is 110 Å². The Morgan fingerprint density at radius 2 is 1.19 bits per heavy atom. The molecule has 0 nitrogen and oxygen atoms in total. The summed E-state index contributed by atoms with van der Waals surface area (Å²) in [5, 5.41) is 5.20. The van der Waals surface area contributed by atoms with Gasteiger partial charge in [-0.2, -0.15) is 0 Å². The molecule has 0 heterocycles. The fourth-order valence-electron chi connectivity index (χ4n) is 4.07. The Hall–Kier alpha value is -3.38. The van der Waals surface area contributed by atoms with Gasteiger partial charge in [0.05, 0.1) is 0 Å². The Kier molecular flexibility index (Phi) is 3.76. The molecule has 0 amide bonds. The maximum absolute atomic E-state index is 2.34. The summed E-state index contributed by atoms with van der Waals surface area (Å²) < 4.78 is 0. The van der Waals surface area contributed by atoms with Crippen LogP contribution in [-0.4, -0.2) is 0 Å². The summed E-state index contributed by atoms with van der Waals surface area (Å²) in [6, 6.07) is 37.2. The quantitative estimate of drug-likeness (QED) is 0.289. The molecular formula is C27H20. The van der Waals surface area contributed by atoms with Crippen molar-refractivity contribution in [2.24, 2.45) is 0 Å². The van der Waals surface area contributed by atoms with Crippen molar-refractivity contribution < 1.29 is 0 Å². The van der Waals surface area contributed by atoms with Gasteiger partial charge >= 0.3 is 0 Å². The van der Waals surface area contributed by atoms with Crippen LogP contribution in [0.5, 0.6) is 0 Å². The molecule has 0 aliphatic heterocycles. The molecule has 0 saturated carbocycles. The SMILES string of the molecule is Cc1cccc(-c2cccc3c(-c4ccccc4)c4ccccc4cc23)c1. The number of benzene rings is 5. The van der Waals surface area contributed by atoms with E-state index in [1.165, 1.54) is 49.4 Å². The van der Waals surface area contributed by atoms with Gasteiger partial charge in [0, 0.05) is 0 Å². The smallest absolute Gasteiger partial charge is 0.00266 e. The van der Waals surface area contributed by atoms with Gasteiger partial charge < -0.3 is 0 Å². The first-order chi connectivity index (χ1) is 13.3. The lowest BCUT2D eigenvalue weighted by molar-refractivity contribution is 1.47. The summed E-state index contributed by atoms with van der Waals surface area (Å²) in [6.45, 7) is 2.15. The third kappa shape index (κ3) is 2.71. The summed E-state index contributed by atoms with van der Waals surface area (Å²) in [5.74, 6) is 0. The minimum absolute atomic E-state index is 1.26. The third-order valence-corrected chi connectivity index (χ3v) is 5.30. The molecule has 0 heteroatoms. The summed E-state index contributed by atoms with van der Waals surface area (Å²) in [5.41, 5.74) is 6.43. The molecule has 128 valence electrons. The second-order valence-electron chi connectivity index (χ2n) is 7.11. The molecule has 27 heavy (non-hydrogen) atoms. The fourth-order valence-corrected chi connectivity index (χ4v) is 4.07. The van der Waals surface area contributed by atoms with Crippen molar-refractivity contribution in [1.29, 1.82) is 0 Å². The summed E-state index contributed by atoms with van der Waals surface area (Å²) in [7, 11) is 0. The minimum Gasteiger partial charge on any atom is -0.0622 e. The zero-order chi connectivity index (χ0) is 18.2. The second-order valence-corrected chi connectivity index (χ2v) is 7.11. The van der Waals surface area contributed by atoms with Crippen LogP contribution in [0, 0.1) is 6.92 Å². The lowest BCUT2D eigenvalue weighted by Gasteiger charge is -2.15. The van der Waals surface area contributed by atoms with Crippen LogP contribution in [0.3, 0.4) is 0 Å². The van der Waals surface area contributed by atoms with Crippen LogP contribution in [0.15, 0.2) is 103 Å². The van der Waals surface area contributed by atoms with Gasteiger partial charge in [-0.15, -0.1) is 0 Å². The molecule has 5 aromatic carbocycles. The van der Waals surface area contributed by atoms with Crippen molar-refractivity contribution >= 4 is 21.5 Å². The van der Waals surface area contributed by atoms with E-state index in [0.717, 1.165) is 0 Å². The van der Waals surface area contributed by atoms with Gasteiger partial charge in [0.1, 0.15) is 0 Å². The number of rotatable bonds is 2. The van der Waals surface area contributed by atoms with E-state index < -0.39 is 0 Å². The average Bonchev–Trinajstić information content (AvgIpc) is 2.72. The topological polar surface area (TPSA) is 0 Å². The van der Waals surface area contributed by atoms with Crippen LogP contribution in [0.4, 0.5) is 0 Å². The van der Waals surface area contributed by atoms with E-state index in [1.807, 2.05) is 0 Å². The maximum atomic E-state index is 2.34. The largest absolute Gasteiger partial charge is 0.0622 e. The molecule has 0 unspecified atom stereocenters. The molecule has 0 aliphatic rings. The molecular weight excluding hydrogens is 324 g/mol. The van der Waals surface area contributed by atoms with E-state index in [0.29, 0.717) is 0 Å². The molecule has 0 fully saturated rings. The van der Waals surface area contributed by atoms with Crippen molar-refractivity contribution in [3.8, 4) is 22.3 Å². The monoisotopic (exact) mass is 344 g/mol. The highest BCUT2D eigenvalue weighted by Gasteiger charge is 2.12. The molecule has 0 radical (unpaired) electrons. The van der Waals surface area contributed by atoms with Gasteiger partial charge in [-0.25, -0.2) is 0 Å². The van der Waals surface area contributed by atoms with Gasteiger partial charge in [0.15, 0.2) is 0 Å². The van der Waals surface area contributed by atoms with E-state index in [-0.39, 0.29) is 0 Å². The second kappa shape index (κ2) is 6.41. The number of hydrogen-bond donors (Lipinski definition) is 0. The Balaban J connectivity index is 1.94. The molecule has 0 aliphatic carbocycles. The molecule has 0 saturated heterocycles. The number of aryl methyl sites for hydroxylation is 1. The molecule has 0 aromatic heterocycles. The first-order valence-corrected chi connectivity index (χ1v) is 9.38. The van der Waals surface area contributed by atoms with Crippen LogP contribution in [0.2, 0.25) is 0 Å². The average molecular weight is 344 g/mol. The van der Waals surface area contributed by atoms with Gasteiger partial charge in [-0.3, -0.25) is 0 Å². The lowest BCUT2D eigenvalue weighted by atomic mass is 9.88. The van der Waals surface area contributed by atoms with E-state index >= 15 is 0 Å². The van der Waals surface area contributed by atoms with Crippen LogP contribution < -0.4 is 0 Å². The first-order valence-electron chi connectivity index (χ1n) is 9.38. The Morgan fingerprint density at radius 1 is 0.481 bits per heavy atom. The minimum atomic E-state index is 1.26. The van der Waals surface area contributed by atoms with Crippen molar-refractivity contribution in [3.05, 3.63) is 109 Å². The van der Waals surface area contributed by atoms with Crippen molar-refractivity contribution in [2.75, 3.05) is 0 Å². The molecule has 0 bridgehead atoms. The standard InChI is InChI=1S/C27H20/c1-19-9-7-13-21(17-19)23-15-8-16-25-26(23)18-22-12-5-6-14-24(22)27(25)20-10-3-2-4-11-20/h2-18H,1H3.